The van der Waals surface area contributed by atoms with Crippen molar-refractivity contribution in [3.8, 4) is 33.9 Å². The molecule has 5 N–H and O–H groups in total. The van der Waals surface area contributed by atoms with Crippen LogP contribution in [0.4, 0.5) is 0 Å². The minimum atomic E-state index is -0.374. The zero-order valence-corrected chi connectivity index (χ0v) is 24.9. The Morgan fingerprint density at radius 3 is 2.38 bits per heavy atom. The molecule has 1 aliphatic heterocycles. The maximum Gasteiger partial charge on any atom is 0.274 e. The number of amides is 2. The van der Waals surface area contributed by atoms with Gasteiger partial charge in [-0.15, -0.1) is 0 Å². The highest BCUT2D eigenvalue weighted by Crippen LogP contribution is 2.43. The van der Waals surface area contributed by atoms with Gasteiger partial charge in [-0.25, -0.2) is 0 Å². The van der Waals surface area contributed by atoms with Crippen LogP contribution in [0.25, 0.3) is 22.5 Å². The van der Waals surface area contributed by atoms with Gasteiger partial charge in [-0.1, -0.05) is 49.7 Å². The fourth-order valence-corrected chi connectivity index (χ4v) is 5.33. The number of phenolic OH excluding ortho intramolecular Hbond substituents is 2. The third-order valence-electron chi connectivity index (χ3n) is 7.72. The standard InChI is InChI=1S/C32H43N5O5/c1-4-34-32(41)30-29(31(42-35-30)25-18-24(21(2)3)26(38)19-27(25)39)23-11-9-22(10-12-23)20-36-14-16-37(17-15-36)28(40)8-6-5-7-13-33/h9-12,18-19,21,38-39H,4-8,13-17,20,33H2,1-3H3,(H,34,41). The van der Waals surface area contributed by atoms with Gasteiger partial charge in [-0.05, 0) is 55.0 Å². The van der Waals surface area contributed by atoms with Gasteiger partial charge in [0.1, 0.15) is 11.5 Å². The summed E-state index contributed by atoms with van der Waals surface area (Å²) in [6, 6.07) is 10.9. The van der Waals surface area contributed by atoms with E-state index in [-0.39, 0.29) is 40.7 Å². The Bertz CT molecular complexity index is 1360. The minimum Gasteiger partial charge on any atom is -0.508 e. The monoisotopic (exact) mass is 577 g/mol. The van der Waals surface area contributed by atoms with Gasteiger partial charge in [0.15, 0.2) is 11.5 Å². The molecule has 0 atom stereocenters. The molecule has 0 saturated carbocycles. The Labute approximate surface area is 247 Å². The Morgan fingerprint density at radius 1 is 1.02 bits per heavy atom. The molecule has 2 aromatic carbocycles. The van der Waals surface area contributed by atoms with E-state index in [2.05, 4.69) is 15.4 Å². The van der Waals surface area contributed by atoms with Gasteiger partial charge in [-0.2, -0.15) is 0 Å². The molecule has 226 valence electrons. The average molecular weight is 578 g/mol. The maximum atomic E-state index is 12.9. The van der Waals surface area contributed by atoms with E-state index in [1.54, 1.807) is 6.07 Å². The van der Waals surface area contributed by atoms with E-state index in [9.17, 15) is 19.8 Å². The van der Waals surface area contributed by atoms with Gasteiger partial charge < -0.3 is 30.7 Å². The Balaban J connectivity index is 1.51. The lowest BCUT2D eigenvalue weighted by molar-refractivity contribution is -0.133. The first-order valence-electron chi connectivity index (χ1n) is 14.9. The molecular weight excluding hydrogens is 534 g/mol. The van der Waals surface area contributed by atoms with Gasteiger partial charge in [0.25, 0.3) is 5.91 Å². The predicted molar refractivity (Wildman–Crippen MR) is 162 cm³/mol. The van der Waals surface area contributed by atoms with Gasteiger partial charge in [0.2, 0.25) is 5.91 Å². The molecule has 0 radical (unpaired) electrons. The first-order valence-corrected chi connectivity index (χ1v) is 14.9. The molecule has 4 rings (SSSR count). The summed E-state index contributed by atoms with van der Waals surface area (Å²) in [6.07, 6.45) is 3.44. The molecule has 0 unspecified atom stereocenters. The van der Waals surface area contributed by atoms with Crippen LogP contribution < -0.4 is 11.1 Å². The van der Waals surface area contributed by atoms with Crippen LogP contribution in [-0.2, 0) is 11.3 Å². The van der Waals surface area contributed by atoms with Crippen molar-refractivity contribution in [2.24, 2.45) is 5.73 Å². The molecule has 10 nitrogen and oxygen atoms in total. The number of hydrogen-bond donors (Lipinski definition) is 4. The largest absolute Gasteiger partial charge is 0.508 e. The zero-order valence-electron chi connectivity index (χ0n) is 24.9. The first-order chi connectivity index (χ1) is 20.2. The Morgan fingerprint density at radius 2 is 1.74 bits per heavy atom. The average Bonchev–Trinajstić information content (AvgIpc) is 3.41. The van der Waals surface area contributed by atoms with Crippen LogP contribution in [0.1, 0.15) is 74.0 Å². The van der Waals surface area contributed by atoms with E-state index in [0.717, 1.165) is 63.1 Å². The van der Waals surface area contributed by atoms with Gasteiger partial charge in [-0.3, -0.25) is 14.5 Å². The van der Waals surface area contributed by atoms with Crippen LogP contribution in [-0.4, -0.2) is 76.3 Å². The number of hydrogen-bond acceptors (Lipinski definition) is 8. The molecule has 2 heterocycles. The third-order valence-corrected chi connectivity index (χ3v) is 7.72. The van der Waals surface area contributed by atoms with E-state index < -0.39 is 0 Å². The van der Waals surface area contributed by atoms with E-state index in [1.807, 2.05) is 49.9 Å². The molecule has 10 heteroatoms. The van der Waals surface area contributed by atoms with Crippen molar-refractivity contribution in [2.75, 3.05) is 39.3 Å². The highest BCUT2D eigenvalue weighted by atomic mass is 16.5. The molecule has 0 bridgehead atoms. The van der Waals surface area contributed by atoms with Crippen molar-refractivity contribution in [3.63, 3.8) is 0 Å². The number of rotatable bonds is 12. The molecule has 1 fully saturated rings. The summed E-state index contributed by atoms with van der Waals surface area (Å²) in [4.78, 5) is 29.7. The van der Waals surface area contributed by atoms with Crippen molar-refractivity contribution in [1.82, 2.24) is 20.3 Å². The fraction of sp³-hybridized carbons (Fsp3) is 0.469. The van der Waals surface area contributed by atoms with E-state index >= 15 is 0 Å². The number of aromatic hydroxyl groups is 2. The van der Waals surface area contributed by atoms with Crippen LogP contribution in [0.3, 0.4) is 0 Å². The Kier molecular flexibility index (Phi) is 10.6. The summed E-state index contributed by atoms with van der Waals surface area (Å²) in [5.74, 6) is -0.0642. The highest BCUT2D eigenvalue weighted by Gasteiger charge is 2.27. The Hall–Kier alpha value is -3.89. The first kappa shape index (κ1) is 31.1. The second kappa shape index (κ2) is 14.3. The SMILES string of the molecule is CCNC(=O)c1noc(-c2cc(C(C)C)c(O)cc2O)c1-c1ccc(CN2CCN(C(=O)CCCCCN)CC2)cc1. The van der Waals surface area contributed by atoms with Gasteiger partial charge in [0, 0.05) is 51.8 Å². The number of piperazine rings is 1. The van der Waals surface area contributed by atoms with Gasteiger partial charge in [0.05, 0.1) is 11.1 Å². The zero-order chi connectivity index (χ0) is 30.2. The van der Waals surface area contributed by atoms with Crippen molar-refractivity contribution in [3.05, 3.63) is 53.2 Å². The molecule has 3 aromatic rings. The summed E-state index contributed by atoms with van der Waals surface area (Å²) < 4.78 is 5.68. The summed E-state index contributed by atoms with van der Waals surface area (Å²) in [7, 11) is 0. The normalized spacial score (nSPS) is 14.0. The number of benzene rings is 2. The number of nitrogens with two attached hydrogens (primary N) is 1. The van der Waals surface area contributed by atoms with Crippen LogP contribution >= 0.6 is 0 Å². The molecular formula is C32H43N5O5. The molecule has 1 aliphatic rings. The summed E-state index contributed by atoms with van der Waals surface area (Å²) in [6.45, 7) is 10.6. The quantitative estimate of drug-likeness (QED) is 0.231. The van der Waals surface area contributed by atoms with Crippen molar-refractivity contribution in [1.29, 1.82) is 0 Å². The number of carbonyl (C=O) groups is 2. The van der Waals surface area contributed by atoms with E-state index in [4.69, 9.17) is 10.3 Å². The summed E-state index contributed by atoms with van der Waals surface area (Å²) in [5.41, 5.74) is 8.97. The number of phenols is 2. The molecule has 0 spiro atoms. The summed E-state index contributed by atoms with van der Waals surface area (Å²) in [5, 5.41) is 27.9. The van der Waals surface area contributed by atoms with Crippen LogP contribution in [0, 0.1) is 0 Å². The number of aromatic nitrogens is 1. The smallest absolute Gasteiger partial charge is 0.274 e. The van der Waals surface area contributed by atoms with E-state index in [1.165, 1.54) is 6.07 Å². The lowest BCUT2D eigenvalue weighted by atomic mass is 9.94. The second-order valence-electron chi connectivity index (χ2n) is 11.1. The molecule has 0 aliphatic carbocycles. The topological polar surface area (TPSA) is 145 Å². The van der Waals surface area contributed by atoms with E-state index in [0.29, 0.717) is 36.2 Å². The summed E-state index contributed by atoms with van der Waals surface area (Å²) >= 11 is 0. The molecule has 2 amide bonds. The van der Waals surface area contributed by atoms with Crippen LogP contribution in [0.5, 0.6) is 11.5 Å². The number of carbonyl (C=O) groups excluding carboxylic acids is 2. The third kappa shape index (κ3) is 7.30. The number of nitrogens with one attached hydrogen (secondary N) is 1. The predicted octanol–water partition coefficient (Wildman–Crippen LogP) is 4.46. The number of unbranched alkanes of at least 4 members (excludes halogenated alkanes) is 2. The number of nitrogens with zero attached hydrogens (tertiary/aromatic N) is 3. The molecule has 42 heavy (non-hydrogen) atoms. The lowest BCUT2D eigenvalue weighted by Crippen LogP contribution is -2.48. The fourth-order valence-electron chi connectivity index (χ4n) is 5.33. The van der Waals surface area contributed by atoms with Crippen LogP contribution in [0.2, 0.25) is 0 Å². The highest BCUT2D eigenvalue weighted by molar-refractivity contribution is 6.02. The van der Waals surface area contributed by atoms with Gasteiger partial charge >= 0.3 is 0 Å². The molecule has 1 aromatic heterocycles. The van der Waals surface area contributed by atoms with Crippen molar-refractivity contribution < 1.29 is 24.3 Å². The second-order valence-corrected chi connectivity index (χ2v) is 11.1. The molecule has 1 saturated heterocycles. The minimum absolute atomic E-state index is 0.000755. The van der Waals surface area contributed by atoms with Crippen molar-refractivity contribution in [2.45, 2.75) is 58.9 Å². The van der Waals surface area contributed by atoms with Crippen LogP contribution in [0.15, 0.2) is 40.9 Å². The lowest BCUT2D eigenvalue weighted by Gasteiger charge is -2.35. The van der Waals surface area contributed by atoms with Crippen molar-refractivity contribution >= 4 is 11.8 Å². The maximum absolute atomic E-state index is 12.9.